The number of rotatable bonds is 1. The maximum atomic E-state index is 14.6. The molecule has 0 radical (unpaired) electrons. The van der Waals surface area contributed by atoms with Crippen molar-refractivity contribution in [1.82, 2.24) is 4.40 Å². The zero-order valence-electron chi connectivity index (χ0n) is 23.0. The molecule has 0 amide bonds. The third-order valence-electron chi connectivity index (χ3n) is 8.40. The number of nitrogens with zero attached hydrogens (tertiary/aromatic N) is 2. The highest BCUT2D eigenvalue weighted by Gasteiger charge is 2.37. The summed E-state index contributed by atoms with van der Waals surface area (Å²) in [7, 11) is 2.00. The van der Waals surface area contributed by atoms with Gasteiger partial charge in [0.05, 0.1) is 32.9 Å². The lowest BCUT2D eigenvalue weighted by Crippen LogP contribution is -2.29. The van der Waals surface area contributed by atoms with Crippen molar-refractivity contribution in [1.29, 1.82) is 0 Å². The summed E-state index contributed by atoms with van der Waals surface area (Å²) in [4.78, 5) is 0. The molecule has 0 saturated heterocycles. The number of benzene rings is 4. The van der Waals surface area contributed by atoms with Crippen molar-refractivity contribution in [3.05, 3.63) is 83.0 Å². The summed E-state index contributed by atoms with van der Waals surface area (Å²) in [6.07, 6.45) is -1.62. The first-order valence-electron chi connectivity index (χ1n) is 13.4. The van der Waals surface area contributed by atoms with E-state index >= 15 is 0 Å². The summed E-state index contributed by atoms with van der Waals surface area (Å²) in [5.74, 6) is 0. The third kappa shape index (κ3) is 3.25. The highest BCUT2D eigenvalue weighted by Crippen LogP contribution is 2.48. The summed E-state index contributed by atoms with van der Waals surface area (Å²) < 4.78 is 47.9. The van der Waals surface area contributed by atoms with Crippen molar-refractivity contribution in [3.8, 4) is 0 Å². The van der Waals surface area contributed by atoms with Gasteiger partial charge in [0.1, 0.15) is 7.05 Å². The minimum atomic E-state index is -4.47. The molecule has 0 fully saturated rings. The molecule has 7 rings (SSSR count). The van der Waals surface area contributed by atoms with E-state index in [0.717, 1.165) is 50.3 Å². The molecule has 5 heteroatoms. The molecule has 39 heavy (non-hydrogen) atoms. The first-order chi connectivity index (χ1) is 18.4. The zero-order chi connectivity index (χ0) is 27.6. The Morgan fingerprint density at radius 3 is 2.23 bits per heavy atom. The Balaban J connectivity index is 1.82. The molecule has 2 nitrogen and oxygen atoms in total. The Morgan fingerprint density at radius 1 is 0.769 bits per heavy atom. The standard InChI is InChI=1S/C34H30F3N2/c1-18-24-15-20(17-33(3,4)5)11-12-22(24)19(2)30-27(18)31-28-21(13-14-38(31)6)16-25(34(35,36)37)29-23-9-7-8-10-26(23)39(30)32(28)29/h7-16H,17H2,1-6H3/q+1. The SMILES string of the molecule is Cc1c2cc(CC(C)(C)C)ccc2c(C)c2c1c1c3c(cc[n+]1C)cc(C(F)(F)F)c1c4ccccc4n2c13. The monoisotopic (exact) mass is 523 g/mol. The molecule has 4 aromatic carbocycles. The number of hydrogen-bond acceptors (Lipinski definition) is 0. The molecule has 7 aromatic rings. The minimum absolute atomic E-state index is 0.160. The minimum Gasteiger partial charge on any atom is -0.307 e. The summed E-state index contributed by atoms with van der Waals surface area (Å²) in [5.41, 5.74) is 6.50. The molecule has 0 bridgehead atoms. The maximum absolute atomic E-state index is 14.6. The number of hydrogen-bond donors (Lipinski definition) is 0. The normalized spacial score (nSPS) is 13.4. The Labute approximate surface area is 224 Å². The lowest BCUT2D eigenvalue weighted by Gasteiger charge is -2.21. The molecular weight excluding hydrogens is 493 g/mol. The average Bonchev–Trinajstić information content (AvgIpc) is 3.20. The van der Waals surface area contributed by atoms with Crippen LogP contribution in [0.1, 0.15) is 43.0 Å². The van der Waals surface area contributed by atoms with E-state index in [-0.39, 0.29) is 10.8 Å². The summed E-state index contributed by atoms with van der Waals surface area (Å²) in [6.45, 7) is 11.0. The molecule has 0 aliphatic heterocycles. The number of para-hydroxylation sites is 1. The van der Waals surface area contributed by atoms with Gasteiger partial charge in [-0.15, -0.1) is 0 Å². The Hall–Kier alpha value is -3.86. The van der Waals surface area contributed by atoms with Crippen LogP contribution in [0.5, 0.6) is 0 Å². The molecule has 0 saturated carbocycles. The molecular formula is C34H30F3N2+. The van der Waals surface area contributed by atoms with Gasteiger partial charge in [-0.05, 0) is 70.7 Å². The van der Waals surface area contributed by atoms with Gasteiger partial charge in [0.25, 0.3) is 0 Å². The van der Waals surface area contributed by atoms with Gasteiger partial charge in [0.15, 0.2) is 6.20 Å². The summed E-state index contributed by atoms with van der Waals surface area (Å²) >= 11 is 0. The van der Waals surface area contributed by atoms with E-state index in [2.05, 4.69) is 61.8 Å². The zero-order valence-corrected chi connectivity index (χ0v) is 23.0. The number of aromatic nitrogens is 2. The Kier molecular flexibility index (Phi) is 4.73. The molecule has 0 spiro atoms. The van der Waals surface area contributed by atoms with Gasteiger partial charge in [0.2, 0.25) is 5.52 Å². The average molecular weight is 524 g/mol. The smallest absolute Gasteiger partial charge is 0.307 e. The number of aryl methyl sites for hydroxylation is 3. The number of pyridine rings is 2. The summed E-state index contributed by atoms with van der Waals surface area (Å²) in [5, 5.41) is 5.82. The van der Waals surface area contributed by atoms with Gasteiger partial charge in [-0.25, -0.2) is 4.57 Å². The van der Waals surface area contributed by atoms with Crippen LogP contribution in [0, 0.1) is 19.3 Å². The molecule has 3 aromatic heterocycles. The second-order valence-corrected chi connectivity index (χ2v) is 12.3. The predicted octanol–water partition coefficient (Wildman–Crippen LogP) is 9.19. The molecule has 0 unspecified atom stereocenters. The van der Waals surface area contributed by atoms with Crippen LogP contribution in [-0.2, 0) is 19.6 Å². The Bertz CT molecular complexity index is 2140. The Morgan fingerprint density at radius 2 is 1.51 bits per heavy atom. The van der Waals surface area contributed by atoms with Crippen LogP contribution >= 0.6 is 0 Å². The number of alkyl halides is 3. The van der Waals surface area contributed by atoms with Gasteiger partial charge in [-0.1, -0.05) is 57.2 Å². The number of fused-ring (bicyclic) bond motifs is 7. The lowest BCUT2D eigenvalue weighted by atomic mass is 9.86. The largest absolute Gasteiger partial charge is 0.417 e. The topological polar surface area (TPSA) is 8.29 Å². The van der Waals surface area contributed by atoms with Crippen LogP contribution in [0.25, 0.3) is 59.8 Å². The van der Waals surface area contributed by atoms with Gasteiger partial charge in [0, 0.05) is 16.8 Å². The molecule has 196 valence electrons. The van der Waals surface area contributed by atoms with Crippen molar-refractivity contribution in [2.45, 2.75) is 47.2 Å². The van der Waals surface area contributed by atoms with E-state index in [1.807, 2.05) is 43.6 Å². The van der Waals surface area contributed by atoms with Crippen LogP contribution < -0.4 is 4.57 Å². The summed E-state index contributed by atoms with van der Waals surface area (Å²) in [6, 6.07) is 17.4. The highest BCUT2D eigenvalue weighted by molar-refractivity contribution is 6.29. The van der Waals surface area contributed by atoms with Gasteiger partial charge in [-0.2, -0.15) is 13.2 Å². The first-order valence-corrected chi connectivity index (χ1v) is 13.4. The van der Waals surface area contributed by atoms with E-state index in [0.29, 0.717) is 16.3 Å². The molecule has 3 heterocycles. The van der Waals surface area contributed by atoms with Crippen LogP contribution in [0.3, 0.4) is 0 Å². The van der Waals surface area contributed by atoms with Crippen LogP contribution in [0.15, 0.2) is 60.8 Å². The van der Waals surface area contributed by atoms with E-state index in [4.69, 9.17) is 0 Å². The fourth-order valence-electron chi connectivity index (χ4n) is 6.91. The maximum Gasteiger partial charge on any atom is 0.417 e. The molecule has 0 N–H and O–H groups in total. The fourth-order valence-corrected chi connectivity index (χ4v) is 6.91. The van der Waals surface area contributed by atoms with E-state index in [1.165, 1.54) is 17.0 Å². The second kappa shape index (κ2) is 7.62. The van der Waals surface area contributed by atoms with E-state index in [1.54, 1.807) is 0 Å². The van der Waals surface area contributed by atoms with E-state index < -0.39 is 11.7 Å². The molecule has 0 aliphatic carbocycles. The van der Waals surface area contributed by atoms with Crippen molar-refractivity contribution in [2.75, 3.05) is 0 Å². The second-order valence-electron chi connectivity index (χ2n) is 12.3. The van der Waals surface area contributed by atoms with E-state index in [9.17, 15) is 13.2 Å². The van der Waals surface area contributed by atoms with Gasteiger partial charge >= 0.3 is 6.18 Å². The van der Waals surface area contributed by atoms with Crippen molar-refractivity contribution in [2.24, 2.45) is 12.5 Å². The third-order valence-corrected chi connectivity index (χ3v) is 8.40. The van der Waals surface area contributed by atoms with Crippen molar-refractivity contribution in [3.63, 3.8) is 0 Å². The van der Waals surface area contributed by atoms with Gasteiger partial charge in [-0.3, -0.25) is 0 Å². The first kappa shape index (κ1) is 24.2. The number of halogens is 3. The van der Waals surface area contributed by atoms with Crippen molar-refractivity contribution < 1.29 is 17.7 Å². The fraction of sp³-hybridized carbons (Fsp3) is 0.265. The molecule has 0 aliphatic rings. The quantitative estimate of drug-likeness (QED) is 0.115. The molecule has 0 atom stereocenters. The predicted molar refractivity (Wildman–Crippen MR) is 155 cm³/mol. The van der Waals surface area contributed by atoms with Crippen LogP contribution in [-0.4, -0.2) is 4.40 Å². The highest BCUT2D eigenvalue weighted by atomic mass is 19.4. The van der Waals surface area contributed by atoms with Crippen LogP contribution in [0.2, 0.25) is 0 Å². The lowest BCUT2D eigenvalue weighted by molar-refractivity contribution is -0.643. The van der Waals surface area contributed by atoms with Crippen LogP contribution in [0.4, 0.5) is 13.2 Å². The van der Waals surface area contributed by atoms with Crippen molar-refractivity contribution >= 4 is 59.8 Å². The van der Waals surface area contributed by atoms with Gasteiger partial charge < -0.3 is 4.40 Å².